The van der Waals surface area contributed by atoms with Gasteiger partial charge in [0.25, 0.3) is 0 Å². The van der Waals surface area contributed by atoms with Crippen LogP contribution in [-0.2, 0) is 5.41 Å². The molecule has 0 aromatic carbocycles. The van der Waals surface area contributed by atoms with Gasteiger partial charge in [0.2, 0.25) is 0 Å². The third-order valence-electron chi connectivity index (χ3n) is 3.52. The molecule has 0 aliphatic rings. The van der Waals surface area contributed by atoms with E-state index in [1.54, 1.807) is 6.07 Å². The average molecular weight is 284 g/mol. The van der Waals surface area contributed by atoms with Crippen LogP contribution in [0.1, 0.15) is 53.2 Å². The summed E-state index contributed by atoms with van der Waals surface area (Å²) in [5, 5.41) is 0.508. The molecule has 1 rings (SSSR count). The second-order valence-electron chi connectivity index (χ2n) is 6.02. The van der Waals surface area contributed by atoms with Crippen molar-refractivity contribution in [1.29, 1.82) is 0 Å². The quantitative estimate of drug-likeness (QED) is 0.632. The van der Waals surface area contributed by atoms with Gasteiger partial charge in [0.1, 0.15) is 11.0 Å². The molecule has 0 saturated carbocycles. The fourth-order valence-electron chi connectivity index (χ4n) is 2.11. The van der Waals surface area contributed by atoms with Crippen LogP contribution in [-0.4, -0.2) is 4.98 Å². The monoisotopic (exact) mass is 283 g/mol. The van der Waals surface area contributed by atoms with E-state index in [0.29, 0.717) is 5.15 Å². The maximum atomic E-state index is 13.8. The van der Waals surface area contributed by atoms with Crippen molar-refractivity contribution in [1.82, 2.24) is 4.98 Å². The highest BCUT2D eigenvalue weighted by atomic mass is 35.5. The second-order valence-corrected chi connectivity index (χ2v) is 6.40. The first-order valence-electron chi connectivity index (χ1n) is 6.70. The van der Waals surface area contributed by atoms with Crippen LogP contribution in [0.2, 0.25) is 5.15 Å². The lowest BCUT2D eigenvalue weighted by Crippen LogP contribution is -2.20. The predicted molar refractivity (Wildman–Crippen MR) is 80.2 cm³/mol. The number of rotatable bonds is 5. The molecule has 0 bridgehead atoms. The third-order valence-corrected chi connectivity index (χ3v) is 3.73. The van der Waals surface area contributed by atoms with Crippen LogP contribution in [0.3, 0.4) is 0 Å². The van der Waals surface area contributed by atoms with Crippen molar-refractivity contribution in [3.05, 3.63) is 40.4 Å². The van der Waals surface area contributed by atoms with Gasteiger partial charge in [-0.1, -0.05) is 38.4 Å². The van der Waals surface area contributed by atoms with Crippen LogP contribution in [0, 0.1) is 5.92 Å². The maximum absolute atomic E-state index is 13.8. The Kier molecular flexibility index (Phi) is 5.54. The van der Waals surface area contributed by atoms with Crippen LogP contribution in [0.4, 0.5) is 4.39 Å². The van der Waals surface area contributed by atoms with E-state index in [9.17, 15) is 4.39 Å². The molecular weight excluding hydrogens is 261 g/mol. The largest absolute Gasteiger partial charge is 0.241 e. The molecule has 0 saturated heterocycles. The molecule has 0 N–H and O–H groups in total. The minimum Gasteiger partial charge on any atom is -0.241 e. The van der Waals surface area contributed by atoms with Gasteiger partial charge >= 0.3 is 0 Å². The summed E-state index contributed by atoms with van der Waals surface area (Å²) in [5.41, 5.74) is 1.64. The average Bonchev–Trinajstić information content (AvgIpc) is 2.35. The Morgan fingerprint density at radius 2 is 2.00 bits per heavy atom. The Morgan fingerprint density at radius 3 is 2.53 bits per heavy atom. The zero-order chi connectivity index (χ0) is 14.6. The molecule has 0 fully saturated rings. The maximum Gasteiger partial charge on any atom is 0.129 e. The number of aromatic nitrogens is 1. The lowest BCUT2D eigenvalue weighted by molar-refractivity contribution is 0.379. The van der Waals surface area contributed by atoms with Crippen molar-refractivity contribution < 1.29 is 4.39 Å². The van der Waals surface area contributed by atoms with Crippen LogP contribution < -0.4 is 0 Å². The first-order chi connectivity index (χ1) is 8.74. The summed E-state index contributed by atoms with van der Waals surface area (Å²) >= 11 is 5.93. The van der Waals surface area contributed by atoms with E-state index in [1.165, 1.54) is 0 Å². The van der Waals surface area contributed by atoms with Gasteiger partial charge in [0.15, 0.2) is 0 Å². The van der Waals surface area contributed by atoms with Gasteiger partial charge in [-0.25, -0.2) is 9.37 Å². The molecule has 1 unspecified atom stereocenters. The van der Waals surface area contributed by atoms with Crippen LogP contribution >= 0.6 is 11.6 Å². The smallest absolute Gasteiger partial charge is 0.129 e. The zero-order valence-electron chi connectivity index (χ0n) is 12.4. The van der Waals surface area contributed by atoms with Gasteiger partial charge in [-0.15, -0.1) is 0 Å². The Balaban J connectivity index is 2.73. The van der Waals surface area contributed by atoms with Gasteiger partial charge in [-0.2, -0.15) is 0 Å². The number of halogens is 2. The summed E-state index contributed by atoms with van der Waals surface area (Å²) in [6.45, 7) is 9.81. The molecule has 0 amide bonds. The van der Waals surface area contributed by atoms with Crippen molar-refractivity contribution in [2.75, 3.05) is 0 Å². The number of pyridine rings is 1. The Bertz CT molecular complexity index is 462. The molecular formula is C16H23ClFN. The van der Waals surface area contributed by atoms with E-state index in [1.807, 2.05) is 32.9 Å². The van der Waals surface area contributed by atoms with Crippen molar-refractivity contribution >= 4 is 11.6 Å². The van der Waals surface area contributed by atoms with Gasteiger partial charge < -0.3 is 0 Å². The number of nitrogens with zero attached hydrogens (tertiary/aromatic N) is 1. The number of hydrogen-bond acceptors (Lipinski definition) is 1. The van der Waals surface area contributed by atoms with E-state index in [-0.39, 0.29) is 17.2 Å². The van der Waals surface area contributed by atoms with Gasteiger partial charge in [0.05, 0.1) is 0 Å². The molecule has 1 atom stereocenters. The summed E-state index contributed by atoms with van der Waals surface area (Å²) in [6.07, 6.45) is 1.68. The lowest BCUT2D eigenvalue weighted by atomic mass is 9.81. The standard InChI is InChI=1S/C16H23ClFN/c1-11(2)15(18)12(3)9-10-16(4,5)13-7-6-8-14(17)19-13/h6-8,12H,9-10H2,1-5H3. The summed E-state index contributed by atoms with van der Waals surface area (Å²) < 4.78 is 13.8. The molecule has 1 nitrogen and oxygen atoms in total. The van der Waals surface area contributed by atoms with Crippen LogP contribution in [0.15, 0.2) is 29.6 Å². The van der Waals surface area contributed by atoms with Gasteiger partial charge in [-0.05, 0) is 44.4 Å². The molecule has 0 radical (unpaired) electrons. The molecule has 1 aromatic rings. The number of hydrogen-bond donors (Lipinski definition) is 0. The minimum absolute atomic E-state index is 0.00912. The molecule has 106 valence electrons. The Labute approximate surface area is 120 Å². The second kappa shape index (κ2) is 6.51. The van der Waals surface area contributed by atoms with Crippen molar-refractivity contribution in [2.45, 2.75) is 52.9 Å². The molecule has 1 heterocycles. The highest BCUT2D eigenvalue weighted by Gasteiger charge is 2.24. The summed E-state index contributed by atoms with van der Waals surface area (Å²) in [7, 11) is 0. The van der Waals surface area contributed by atoms with Gasteiger partial charge in [-0.3, -0.25) is 0 Å². The lowest BCUT2D eigenvalue weighted by Gasteiger charge is -2.25. The first kappa shape index (κ1) is 16.2. The Hall–Kier alpha value is -0.890. The van der Waals surface area contributed by atoms with Crippen molar-refractivity contribution in [3.8, 4) is 0 Å². The topological polar surface area (TPSA) is 12.9 Å². The summed E-state index contributed by atoms with van der Waals surface area (Å²) in [6, 6.07) is 5.66. The molecule has 1 aromatic heterocycles. The van der Waals surface area contributed by atoms with E-state index in [2.05, 4.69) is 18.8 Å². The van der Waals surface area contributed by atoms with Gasteiger partial charge in [0, 0.05) is 17.0 Å². The van der Waals surface area contributed by atoms with Crippen molar-refractivity contribution in [2.24, 2.45) is 5.92 Å². The van der Waals surface area contributed by atoms with Crippen LogP contribution in [0.5, 0.6) is 0 Å². The normalized spacial score (nSPS) is 13.2. The molecule has 0 spiro atoms. The van der Waals surface area contributed by atoms with E-state index >= 15 is 0 Å². The molecule has 0 aliphatic carbocycles. The van der Waals surface area contributed by atoms with E-state index in [0.717, 1.165) is 24.1 Å². The summed E-state index contributed by atoms with van der Waals surface area (Å²) in [5.74, 6) is -0.0293. The fourth-order valence-corrected chi connectivity index (χ4v) is 2.27. The number of allylic oxidation sites excluding steroid dienone is 2. The fraction of sp³-hybridized carbons (Fsp3) is 0.562. The molecule has 0 aliphatic heterocycles. The third kappa shape index (κ3) is 4.61. The summed E-state index contributed by atoms with van der Waals surface area (Å²) in [4.78, 5) is 4.36. The highest BCUT2D eigenvalue weighted by Crippen LogP contribution is 2.31. The predicted octanol–water partition coefficient (Wildman–Crippen LogP) is 5.69. The van der Waals surface area contributed by atoms with Crippen LogP contribution in [0.25, 0.3) is 0 Å². The van der Waals surface area contributed by atoms with E-state index in [4.69, 9.17) is 11.6 Å². The molecule has 3 heteroatoms. The Morgan fingerprint density at radius 1 is 1.37 bits per heavy atom. The minimum atomic E-state index is -0.0961. The zero-order valence-corrected chi connectivity index (χ0v) is 13.2. The SMILES string of the molecule is CC(C)=C(F)C(C)CCC(C)(C)c1cccc(Cl)n1. The first-order valence-corrected chi connectivity index (χ1v) is 7.07. The van der Waals surface area contributed by atoms with Crippen molar-refractivity contribution in [3.63, 3.8) is 0 Å². The highest BCUT2D eigenvalue weighted by molar-refractivity contribution is 6.29. The van der Waals surface area contributed by atoms with E-state index < -0.39 is 0 Å². The molecule has 19 heavy (non-hydrogen) atoms.